The fourth-order valence-electron chi connectivity index (χ4n) is 3.60. The Morgan fingerprint density at radius 1 is 1.22 bits per heavy atom. The lowest BCUT2D eigenvalue weighted by molar-refractivity contribution is -0.132. The monoisotopic (exact) mass is 389 g/mol. The van der Waals surface area contributed by atoms with Crippen molar-refractivity contribution >= 4 is 17.7 Å². The van der Waals surface area contributed by atoms with Gasteiger partial charge in [0.05, 0.1) is 12.4 Å². The van der Waals surface area contributed by atoms with Crippen LogP contribution in [-0.2, 0) is 4.79 Å². The summed E-state index contributed by atoms with van der Waals surface area (Å²) in [7, 11) is 1.62. The molecule has 2 N–H and O–H groups in total. The van der Waals surface area contributed by atoms with Crippen LogP contribution in [0.25, 0.3) is 11.4 Å². The van der Waals surface area contributed by atoms with Crippen molar-refractivity contribution in [2.45, 2.75) is 37.6 Å². The van der Waals surface area contributed by atoms with Gasteiger partial charge in [0.2, 0.25) is 11.1 Å². The standard InChI is InChI=1S/C19H27N5O2S/c1-12-9-13(2)11-23(10-12)18(25)14(3)27-19-22-21-17(24(19)20)15-5-7-16(26-4)8-6-15/h5-8,12-14H,9-11,20H2,1-4H3. The average molecular weight is 390 g/mol. The highest BCUT2D eigenvalue weighted by Crippen LogP contribution is 2.28. The molecule has 3 unspecified atom stereocenters. The summed E-state index contributed by atoms with van der Waals surface area (Å²) in [5, 5.41) is 8.63. The van der Waals surface area contributed by atoms with Crippen LogP contribution in [0.1, 0.15) is 27.2 Å². The zero-order chi connectivity index (χ0) is 19.6. The minimum absolute atomic E-state index is 0.132. The largest absolute Gasteiger partial charge is 0.497 e. The Bertz CT molecular complexity index is 782. The van der Waals surface area contributed by atoms with Crippen LogP contribution >= 0.6 is 11.8 Å². The van der Waals surface area contributed by atoms with Crippen molar-refractivity contribution in [1.29, 1.82) is 0 Å². The van der Waals surface area contributed by atoms with Crippen LogP contribution in [0.5, 0.6) is 5.75 Å². The maximum Gasteiger partial charge on any atom is 0.235 e. The van der Waals surface area contributed by atoms with Crippen molar-refractivity contribution in [3.63, 3.8) is 0 Å². The first-order valence-corrected chi connectivity index (χ1v) is 10.1. The van der Waals surface area contributed by atoms with E-state index in [9.17, 15) is 4.79 Å². The lowest BCUT2D eigenvalue weighted by atomic mass is 9.92. The van der Waals surface area contributed by atoms with Gasteiger partial charge >= 0.3 is 0 Å². The molecule has 7 nitrogen and oxygen atoms in total. The molecule has 2 heterocycles. The van der Waals surface area contributed by atoms with Crippen LogP contribution in [-0.4, -0.2) is 51.1 Å². The molecule has 0 saturated carbocycles. The number of rotatable bonds is 5. The summed E-state index contributed by atoms with van der Waals surface area (Å²) in [5.41, 5.74) is 0.843. The van der Waals surface area contributed by atoms with Gasteiger partial charge in [0.25, 0.3) is 0 Å². The van der Waals surface area contributed by atoms with Crippen molar-refractivity contribution in [2.75, 3.05) is 26.0 Å². The van der Waals surface area contributed by atoms with Gasteiger partial charge in [0.15, 0.2) is 5.82 Å². The molecule has 0 bridgehead atoms. The smallest absolute Gasteiger partial charge is 0.235 e. The number of amides is 1. The molecule has 1 saturated heterocycles. The molecule has 3 atom stereocenters. The molecular formula is C19H27N5O2S. The van der Waals surface area contributed by atoms with E-state index in [0.29, 0.717) is 22.8 Å². The van der Waals surface area contributed by atoms with Crippen molar-refractivity contribution in [3.05, 3.63) is 24.3 Å². The number of likely N-dealkylation sites (tertiary alicyclic amines) is 1. The summed E-state index contributed by atoms with van der Waals surface area (Å²) in [6.07, 6.45) is 1.17. The third-order valence-electron chi connectivity index (χ3n) is 4.82. The molecule has 1 amide bonds. The van der Waals surface area contributed by atoms with E-state index in [-0.39, 0.29) is 11.2 Å². The summed E-state index contributed by atoms with van der Waals surface area (Å²) >= 11 is 1.35. The first-order valence-electron chi connectivity index (χ1n) is 9.19. The minimum atomic E-state index is -0.266. The molecule has 0 spiro atoms. The van der Waals surface area contributed by atoms with Gasteiger partial charge in [-0.3, -0.25) is 4.79 Å². The second kappa shape index (κ2) is 8.21. The van der Waals surface area contributed by atoms with Crippen molar-refractivity contribution in [3.8, 4) is 17.1 Å². The van der Waals surface area contributed by atoms with E-state index in [1.54, 1.807) is 7.11 Å². The van der Waals surface area contributed by atoms with Gasteiger partial charge in [-0.15, -0.1) is 10.2 Å². The molecule has 3 rings (SSSR count). The molecule has 8 heteroatoms. The number of hydrogen-bond donors (Lipinski definition) is 1. The number of hydrogen-bond acceptors (Lipinski definition) is 6. The zero-order valence-corrected chi connectivity index (χ0v) is 17.1. The normalized spacial score (nSPS) is 21.1. The van der Waals surface area contributed by atoms with Gasteiger partial charge in [-0.2, -0.15) is 0 Å². The summed E-state index contributed by atoms with van der Waals surface area (Å²) in [6.45, 7) is 7.94. The van der Waals surface area contributed by atoms with Gasteiger partial charge in [-0.1, -0.05) is 25.6 Å². The Balaban J connectivity index is 1.70. The van der Waals surface area contributed by atoms with Gasteiger partial charge in [-0.05, 0) is 49.4 Å². The first kappa shape index (κ1) is 19.5. The van der Waals surface area contributed by atoms with Crippen LogP contribution in [0.2, 0.25) is 0 Å². The predicted molar refractivity (Wildman–Crippen MR) is 107 cm³/mol. The molecule has 27 heavy (non-hydrogen) atoms. The number of thioether (sulfide) groups is 1. The number of methoxy groups -OCH3 is 1. The van der Waals surface area contributed by atoms with Crippen LogP contribution in [0.3, 0.4) is 0 Å². The highest BCUT2D eigenvalue weighted by Gasteiger charge is 2.29. The molecule has 0 aliphatic carbocycles. The van der Waals surface area contributed by atoms with Crippen molar-refractivity contribution in [2.24, 2.45) is 11.8 Å². The Hall–Kier alpha value is -2.22. The highest BCUT2D eigenvalue weighted by molar-refractivity contribution is 8.00. The van der Waals surface area contributed by atoms with Gasteiger partial charge in [0, 0.05) is 18.7 Å². The number of nitrogens with two attached hydrogens (primary N) is 1. The lowest BCUT2D eigenvalue weighted by Gasteiger charge is -2.36. The van der Waals surface area contributed by atoms with Crippen molar-refractivity contribution < 1.29 is 9.53 Å². The van der Waals surface area contributed by atoms with Crippen LogP contribution in [0.4, 0.5) is 0 Å². The quantitative estimate of drug-likeness (QED) is 0.625. The van der Waals surface area contributed by atoms with E-state index < -0.39 is 0 Å². The molecule has 2 aromatic rings. The zero-order valence-electron chi connectivity index (χ0n) is 16.3. The molecule has 1 aromatic heterocycles. The van der Waals surface area contributed by atoms with Crippen LogP contribution in [0.15, 0.2) is 29.4 Å². The molecule has 1 aliphatic heterocycles. The third kappa shape index (κ3) is 4.37. The third-order valence-corrected chi connectivity index (χ3v) is 5.87. The topological polar surface area (TPSA) is 86.3 Å². The minimum Gasteiger partial charge on any atom is -0.497 e. The number of piperidine rings is 1. The fourth-order valence-corrected chi connectivity index (χ4v) is 4.46. The summed E-state index contributed by atoms with van der Waals surface area (Å²) in [5.74, 6) is 8.72. The van der Waals surface area contributed by atoms with E-state index >= 15 is 0 Å². The number of nitrogens with zero attached hydrogens (tertiary/aromatic N) is 4. The highest BCUT2D eigenvalue weighted by atomic mass is 32.2. The Labute approximate surface area is 164 Å². The summed E-state index contributed by atoms with van der Waals surface area (Å²) < 4.78 is 6.61. The lowest BCUT2D eigenvalue weighted by Crippen LogP contribution is -2.45. The second-order valence-corrected chi connectivity index (χ2v) is 8.66. The van der Waals surface area contributed by atoms with Crippen LogP contribution in [0, 0.1) is 11.8 Å². The number of carbonyl (C=O) groups excluding carboxylic acids is 1. The molecule has 146 valence electrons. The van der Waals surface area contributed by atoms with E-state index in [2.05, 4.69) is 24.0 Å². The maximum atomic E-state index is 12.8. The molecule has 0 radical (unpaired) electrons. The van der Waals surface area contributed by atoms with E-state index in [1.165, 1.54) is 22.9 Å². The summed E-state index contributed by atoms with van der Waals surface area (Å²) in [4.78, 5) is 14.8. The summed E-state index contributed by atoms with van der Waals surface area (Å²) in [6, 6.07) is 7.46. The van der Waals surface area contributed by atoms with Gasteiger partial charge in [0.1, 0.15) is 5.75 Å². The molecule has 1 fully saturated rings. The maximum absolute atomic E-state index is 12.8. The van der Waals surface area contributed by atoms with Gasteiger partial charge < -0.3 is 15.5 Å². The molecule has 1 aliphatic rings. The van der Waals surface area contributed by atoms with Gasteiger partial charge in [-0.25, -0.2) is 4.68 Å². The fraction of sp³-hybridized carbons (Fsp3) is 0.526. The predicted octanol–water partition coefficient (Wildman–Crippen LogP) is 2.65. The number of aromatic nitrogens is 3. The first-order chi connectivity index (χ1) is 12.9. The average Bonchev–Trinajstić information content (AvgIpc) is 3.00. The molecular weight excluding hydrogens is 362 g/mol. The van der Waals surface area contributed by atoms with Crippen molar-refractivity contribution in [1.82, 2.24) is 19.8 Å². The van der Waals surface area contributed by atoms with E-state index in [4.69, 9.17) is 10.6 Å². The SMILES string of the molecule is COc1ccc(-c2nnc(SC(C)C(=O)N3CC(C)CC(C)C3)n2N)cc1. The number of carbonyl (C=O) groups is 1. The van der Waals surface area contributed by atoms with Crippen LogP contribution < -0.4 is 10.6 Å². The Morgan fingerprint density at radius 3 is 2.44 bits per heavy atom. The second-order valence-electron chi connectivity index (χ2n) is 7.35. The molecule has 1 aromatic carbocycles. The van der Waals surface area contributed by atoms with E-state index in [0.717, 1.165) is 24.4 Å². The number of nitrogen functional groups attached to an aromatic ring is 1. The number of benzene rings is 1. The van der Waals surface area contributed by atoms with E-state index in [1.807, 2.05) is 36.1 Å². The Morgan fingerprint density at radius 2 is 1.85 bits per heavy atom. The Kier molecular flexibility index (Phi) is 5.94. The number of ether oxygens (including phenoxy) is 1.